The van der Waals surface area contributed by atoms with Crippen LogP contribution >= 0.6 is 11.3 Å². The summed E-state index contributed by atoms with van der Waals surface area (Å²) >= 11 is 1.48. The number of likely N-dealkylation sites (tertiary alicyclic amines) is 1. The molecule has 3 heterocycles. The average Bonchev–Trinajstić information content (AvgIpc) is 3.14. The molecular weight excluding hydrogens is 362 g/mol. The molecule has 1 atom stereocenters. The molecular formula is C19H24N5O2S+. The lowest BCUT2D eigenvalue weighted by Crippen LogP contribution is -3.13. The number of carbonyl (C=O) groups is 1. The van der Waals surface area contributed by atoms with E-state index >= 15 is 0 Å². The van der Waals surface area contributed by atoms with Gasteiger partial charge in [-0.2, -0.15) is 4.52 Å². The maximum absolute atomic E-state index is 11.5. The number of aryl methyl sites for hydroxylation is 2. The third-order valence-corrected chi connectivity index (χ3v) is 6.47. The number of hydrogen-bond acceptors (Lipinski definition) is 5. The van der Waals surface area contributed by atoms with Crippen molar-refractivity contribution in [2.75, 3.05) is 13.1 Å². The van der Waals surface area contributed by atoms with Gasteiger partial charge in [0.1, 0.15) is 10.7 Å². The Kier molecular flexibility index (Phi) is 4.61. The molecule has 0 saturated carbocycles. The van der Waals surface area contributed by atoms with E-state index in [1.807, 2.05) is 13.0 Å². The van der Waals surface area contributed by atoms with Crippen molar-refractivity contribution in [3.05, 3.63) is 46.1 Å². The lowest BCUT2D eigenvalue weighted by Gasteiger charge is -2.33. The molecule has 0 spiro atoms. The molecule has 2 aromatic heterocycles. The summed E-state index contributed by atoms with van der Waals surface area (Å²) in [5, 5.41) is 15.2. The number of thiazole rings is 1. The highest BCUT2D eigenvalue weighted by Crippen LogP contribution is 2.35. The van der Waals surface area contributed by atoms with E-state index in [4.69, 9.17) is 5.73 Å². The van der Waals surface area contributed by atoms with Crippen LogP contribution in [0.2, 0.25) is 0 Å². The Morgan fingerprint density at radius 3 is 2.74 bits per heavy atom. The standard InChI is InChI=1S/C19H23N5O2S/c1-11-4-3-5-14(10-11)15(23-8-6-13(7-9-23)17(20)25)16-18(26)24-19(27-16)21-12(2)22-24/h3-5,10,13,15,26H,6-9H2,1-2H3,(H2,20,25)/p+1/t15-/m1/s1. The Hall–Kier alpha value is -2.45. The first-order chi connectivity index (χ1) is 12.9. The second kappa shape index (κ2) is 6.94. The number of fused-ring (bicyclic) bond motifs is 1. The first-order valence-electron chi connectivity index (χ1n) is 9.19. The molecule has 4 rings (SSSR count). The third kappa shape index (κ3) is 3.30. The van der Waals surface area contributed by atoms with Gasteiger partial charge < -0.3 is 15.7 Å². The number of amides is 1. The fourth-order valence-corrected chi connectivity index (χ4v) is 5.21. The minimum absolute atomic E-state index is 0.0208. The lowest BCUT2D eigenvalue weighted by atomic mass is 9.93. The number of quaternary nitrogens is 1. The molecule has 0 radical (unpaired) electrons. The summed E-state index contributed by atoms with van der Waals surface area (Å²) in [6, 6.07) is 8.36. The summed E-state index contributed by atoms with van der Waals surface area (Å²) in [5.74, 6) is 0.542. The van der Waals surface area contributed by atoms with Crippen LogP contribution in [0, 0.1) is 19.8 Å². The van der Waals surface area contributed by atoms with Gasteiger partial charge in [0.05, 0.1) is 13.1 Å². The molecule has 1 saturated heterocycles. The summed E-state index contributed by atoms with van der Waals surface area (Å²) in [7, 11) is 0. The zero-order chi connectivity index (χ0) is 19.1. The molecule has 1 amide bonds. The van der Waals surface area contributed by atoms with Crippen LogP contribution in [0.5, 0.6) is 5.88 Å². The number of benzene rings is 1. The Morgan fingerprint density at radius 1 is 1.37 bits per heavy atom. The molecule has 1 aliphatic heterocycles. The minimum atomic E-state index is -0.210. The Balaban J connectivity index is 1.75. The van der Waals surface area contributed by atoms with Crippen LogP contribution in [0.15, 0.2) is 24.3 Å². The first kappa shape index (κ1) is 17.9. The Bertz CT molecular complexity index is 987. The van der Waals surface area contributed by atoms with Gasteiger partial charge >= 0.3 is 0 Å². The van der Waals surface area contributed by atoms with Gasteiger partial charge in [-0.1, -0.05) is 35.1 Å². The van der Waals surface area contributed by atoms with Crippen molar-refractivity contribution in [2.45, 2.75) is 32.7 Å². The maximum atomic E-state index is 11.5. The Morgan fingerprint density at radius 2 is 2.11 bits per heavy atom. The van der Waals surface area contributed by atoms with E-state index < -0.39 is 0 Å². The molecule has 1 fully saturated rings. The molecule has 142 valence electrons. The van der Waals surface area contributed by atoms with Gasteiger partial charge in [-0.05, 0) is 19.9 Å². The SMILES string of the molecule is Cc1cccc([C@H](c2sc3nc(C)nn3c2O)[NH+]2CCC(C(N)=O)CC2)c1. The van der Waals surface area contributed by atoms with Crippen molar-refractivity contribution in [1.82, 2.24) is 14.6 Å². The molecule has 8 heteroatoms. The highest BCUT2D eigenvalue weighted by molar-refractivity contribution is 7.17. The van der Waals surface area contributed by atoms with Crippen molar-refractivity contribution < 1.29 is 14.8 Å². The molecule has 1 aromatic carbocycles. The van der Waals surface area contributed by atoms with Gasteiger partial charge in [0.2, 0.25) is 16.7 Å². The van der Waals surface area contributed by atoms with Crippen LogP contribution in [-0.2, 0) is 4.79 Å². The quantitative estimate of drug-likeness (QED) is 0.623. The topological polar surface area (TPSA) is 97.9 Å². The highest BCUT2D eigenvalue weighted by Gasteiger charge is 2.36. The number of nitrogens with zero attached hydrogens (tertiary/aromatic N) is 3. The summed E-state index contributed by atoms with van der Waals surface area (Å²) in [4.78, 5) is 18.8. The number of hydrogen-bond donors (Lipinski definition) is 3. The number of aromatic hydroxyl groups is 1. The van der Waals surface area contributed by atoms with Crippen LogP contribution in [0.4, 0.5) is 0 Å². The van der Waals surface area contributed by atoms with Crippen LogP contribution in [0.25, 0.3) is 4.96 Å². The maximum Gasteiger partial charge on any atom is 0.235 e. The number of nitrogens with one attached hydrogen (secondary N) is 1. The van der Waals surface area contributed by atoms with E-state index in [0.29, 0.717) is 10.8 Å². The summed E-state index contributed by atoms with van der Waals surface area (Å²) in [6.07, 6.45) is 1.54. The molecule has 0 bridgehead atoms. The average molecular weight is 387 g/mol. The fourth-order valence-electron chi connectivity index (χ4n) is 4.02. The number of rotatable bonds is 4. The zero-order valence-electron chi connectivity index (χ0n) is 15.5. The van der Waals surface area contributed by atoms with Gasteiger partial charge in [0.15, 0.2) is 6.04 Å². The lowest BCUT2D eigenvalue weighted by molar-refractivity contribution is -0.930. The van der Waals surface area contributed by atoms with Gasteiger partial charge in [0.25, 0.3) is 0 Å². The zero-order valence-corrected chi connectivity index (χ0v) is 16.3. The van der Waals surface area contributed by atoms with Crippen molar-refractivity contribution in [3.8, 4) is 5.88 Å². The molecule has 0 aliphatic carbocycles. The molecule has 0 unspecified atom stereocenters. The van der Waals surface area contributed by atoms with Crippen LogP contribution in [0.1, 0.15) is 40.7 Å². The number of carbonyl (C=O) groups excluding carboxylic acids is 1. The van der Waals surface area contributed by atoms with Crippen molar-refractivity contribution >= 4 is 22.2 Å². The molecule has 3 aromatic rings. The molecule has 1 aliphatic rings. The van der Waals surface area contributed by atoms with Crippen molar-refractivity contribution in [2.24, 2.45) is 11.7 Å². The van der Waals surface area contributed by atoms with E-state index in [1.54, 1.807) is 0 Å². The van der Waals surface area contributed by atoms with E-state index in [0.717, 1.165) is 36.4 Å². The van der Waals surface area contributed by atoms with E-state index in [2.05, 4.69) is 35.2 Å². The van der Waals surface area contributed by atoms with Crippen molar-refractivity contribution in [1.29, 1.82) is 0 Å². The van der Waals surface area contributed by atoms with Crippen LogP contribution < -0.4 is 10.6 Å². The number of primary amides is 1. The van der Waals surface area contributed by atoms with Crippen LogP contribution in [0.3, 0.4) is 0 Å². The van der Waals surface area contributed by atoms with E-state index in [-0.39, 0.29) is 23.7 Å². The van der Waals surface area contributed by atoms with Gasteiger partial charge in [-0.25, -0.2) is 4.98 Å². The summed E-state index contributed by atoms with van der Waals surface area (Å²) < 4.78 is 1.52. The monoisotopic (exact) mass is 386 g/mol. The summed E-state index contributed by atoms with van der Waals surface area (Å²) in [5.41, 5.74) is 7.83. The van der Waals surface area contributed by atoms with Gasteiger partial charge in [-0.15, -0.1) is 5.10 Å². The molecule has 7 nitrogen and oxygen atoms in total. The first-order valence-corrected chi connectivity index (χ1v) is 10.0. The Labute approximate surface area is 161 Å². The third-order valence-electron chi connectivity index (χ3n) is 5.38. The second-order valence-electron chi connectivity index (χ2n) is 7.33. The highest BCUT2D eigenvalue weighted by atomic mass is 32.1. The number of piperidine rings is 1. The normalized spacial score (nSPS) is 21.4. The second-order valence-corrected chi connectivity index (χ2v) is 8.33. The van der Waals surface area contributed by atoms with Gasteiger partial charge in [-0.3, -0.25) is 4.79 Å². The van der Waals surface area contributed by atoms with Crippen molar-refractivity contribution in [3.63, 3.8) is 0 Å². The van der Waals surface area contributed by atoms with E-state index in [9.17, 15) is 9.90 Å². The number of nitrogens with two attached hydrogens (primary N) is 1. The fraction of sp³-hybridized carbons (Fsp3) is 0.421. The largest absolute Gasteiger partial charge is 0.492 e. The minimum Gasteiger partial charge on any atom is -0.492 e. The predicted molar refractivity (Wildman–Crippen MR) is 103 cm³/mol. The van der Waals surface area contributed by atoms with Gasteiger partial charge in [0, 0.05) is 24.3 Å². The van der Waals surface area contributed by atoms with Crippen LogP contribution in [-0.4, -0.2) is 38.7 Å². The summed E-state index contributed by atoms with van der Waals surface area (Å²) in [6.45, 7) is 5.55. The molecule has 4 N–H and O–H groups in total. The van der Waals surface area contributed by atoms with E-state index in [1.165, 1.54) is 26.3 Å². The predicted octanol–water partition coefficient (Wildman–Crippen LogP) is 0.983. The smallest absolute Gasteiger partial charge is 0.235 e. The molecule has 27 heavy (non-hydrogen) atoms. The number of aromatic nitrogens is 3.